The number of likely N-dealkylation sites (tertiary alicyclic amines) is 1. The van der Waals surface area contributed by atoms with Crippen LogP contribution in [0.1, 0.15) is 38.7 Å². The van der Waals surface area contributed by atoms with Crippen molar-refractivity contribution in [3.63, 3.8) is 0 Å². The van der Waals surface area contributed by atoms with E-state index in [1.807, 2.05) is 29.2 Å². The van der Waals surface area contributed by atoms with Crippen molar-refractivity contribution < 1.29 is 4.79 Å². The molecule has 1 aliphatic heterocycles. The molecule has 4 heteroatoms. The molecule has 1 aromatic carbocycles. The molecule has 0 aliphatic carbocycles. The van der Waals surface area contributed by atoms with E-state index in [9.17, 15) is 4.79 Å². The number of benzene rings is 1. The fourth-order valence-electron chi connectivity index (χ4n) is 2.42. The van der Waals surface area contributed by atoms with Crippen LogP contribution in [-0.4, -0.2) is 30.6 Å². The van der Waals surface area contributed by atoms with E-state index in [0.717, 1.165) is 31.6 Å². The molecule has 0 bridgehead atoms. The molecule has 0 aromatic heterocycles. The van der Waals surface area contributed by atoms with Crippen LogP contribution in [0.2, 0.25) is 0 Å². The van der Waals surface area contributed by atoms with Gasteiger partial charge in [-0.1, -0.05) is 26.0 Å². The number of hydrogen-bond donors (Lipinski definition) is 2. The molecule has 0 unspecified atom stereocenters. The molecule has 1 aliphatic rings. The maximum atomic E-state index is 12.1. The molecule has 2 amide bonds. The largest absolute Gasteiger partial charge is 0.330 e. The van der Waals surface area contributed by atoms with Crippen LogP contribution >= 0.6 is 0 Å². The van der Waals surface area contributed by atoms with Crippen LogP contribution < -0.4 is 11.1 Å². The van der Waals surface area contributed by atoms with E-state index in [2.05, 4.69) is 19.2 Å². The van der Waals surface area contributed by atoms with Crippen molar-refractivity contribution in [3.8, 4) is 0 Å². The highest BCUT2D eigenvalue weighted by molar-refractivity contribution is 5.89. The van der Waals surface area contributed by atoms with Crippen molar-refractivity contribution in [2.75, 3.05) is 25.0 Å². The predicted molar refractivity (Wildman–Crippen MR) is 83.0 cm³/mol. The minimum atomic E-state index is -0.0323. The molecule has 1 heterocycles. The Morgan fingerprint density at radius 1 is 1.20 bits per heavy atom. The molecule has 20 heavy (non-hydrogen) atoms. The van der Waals surface area contributed by atoms with Crippen LogP contribution in [0.25, 0.3) is 0 Å². The summed E-state index contributed by atoms with van der Waals surface area (Å²) in [4.78, 5) is 14.0. The van der Waals surface area contributed by atoms with Crippen LogP contribution in [0.4, 0.5) is 10.5 Å². The van der Waals surface area contributed by atoms with Crippen molar-refractivity contribution in [2.24, 2.45) is 5.73 Å². The average Bonchev–Trinajstić information content (AvgIpc) is 2.48. The second kappa shape index (κ2) is 6.27. The van der Waals surface area contributed by atoms with Crippen molar-refractivity contribution in [3.05, 3.63) is 29.8 Å². The van der Waals surface area contributed by atoms with Crippen LogP contribution in [-0.2, 0) is 5.41 Å². The molecule has 0 radical (unpaired) electrons. The maximum Gasteiger partial charge on any atom is 0.321 e. The smallest absolute Gasteiger partial charge is 0.321 e. The minimum absolute atomic E-state index is 0.00975. The first-order chi connectivity index (χ1) is 9.53. The van der Waals surface area contributed by atoms with Gasteiger partial charge in [-0.2, -0.15) is 0 Å². The third kappa shape index (κ3) is 3.51. The molecule has 0 atom stereocenters. The van der Waals surface area contributed by atoms with Crippen LogP contribution in [0.5, 0.6) is 0 Å². The van der Waals surface area contributed by atoms with Gasteiger partial charge in [0.15, 0.2) is 0 Å². The number of piperidine rings is 1. The lowest BCUT2D eigenvalue weighted by molar-refractivity contribution is 0.200. The van der Waals surface area contributed by atoms with Crippen LogP contribution in [0.3, 0.4) is 0 Å². The molecule has 110 valence electrons. The Labute approximate surface area is 121 Å². The molecule has 2 rings (SSSR count). The number of nitrogens with two attached hydrogens (primary N) is 1. The lowest BCUT2D eigenvalue weighted by Gasteiger charge is -2.27. The van der Waals surface area contributed by atoms with Gasteiger partial charge in [-0.25, -0.2) is 4.79 Å². The summed E-state index contributed by atoms with van der Waals surface area (Å²) in [6.07, 6.45) is 3.45. The van der Waals surface area contributed by atoms with E-state index in [1.165, 1.54) is 12.0 Å². The van der Waals surface area contributed by atoms with Crippen molar-refractivity contribution >= 4 is 11.7 Å². The Morgan fingerprint density at radius 2 is 1.80 bits per heavy atom. The van der Waals surface area contributed by atoms with Gasteiger partial charge in [0.25, 0.3) is 0 Å². The van der Waals surface area contributed by atoms with Crippen molar-refractivity contribution in [1.29, 1.82) is 0 Å². The Kier molecular flexibility index (Phi) is 4.65. The fourth-order valence-corrected chi connectivity index (χ4v) is 2.42. The third-order valence-corrected chi connectivity index (χ3v) is 4.07. The van der Waals surface area contributed by atoms with Gasteiger partial charge < -0.3 is 16.0 Å². The predicted octanol–water partition coefficient (Wildman–Crippen LogP) is 2.94. The highest BCUT2D eigenvalue weighted by atomic mass is 16.2. The first-order valence-corrected chi connectivity index (χ1v) is 7.39. The van der Waals surface area contributed by atoms with E-state index in [1.54, 1.807) is 0 Å². The summed E-state index contributed by atoms with van der Waals surface area (Å²) < 4.78 is 0. The van der Waals surface area contributed by atoms with Gasteiger partial charge in [-0.05, 0) is 37.0 Å². The van der Waals surface area contributed by atoms with Gasteiger partial charge in [0.2, 0.25) is 0 Å². The summed E-state index contributed by atoms with van der Waals surface area (Å²) in [5, 5.41) is 2.96. The first kappa shape index (κ1) is 14.9. The van der Waals surface area contributed by atoms with E-state index < -0.39 is 0 Å². The summed E-state index contributed by atoms with van der Waals surface area (Å²) in [6, 6.07) is 8.00. The molecule has 1 aromatic rings. The van der Waals surface area contributed by atoms with E-state index in [0.29, 0.717) is 6.54 Å². The molecule has 1 fully saturated rings. The minimum Gasteiger partial charge on any atom is -0.330 e. The zero-order valence-corrected chi connectivity index (χ0v) is 12.5. The number of hydrogen-bond acceptors (Lipinski definition) is 2. The lowest BCUT2D eigenvalue weighted by Crippen LogP contribution is -2.38. The number of amides is 2. The second-order valence-electron chi connectivity index (χ2n) is 6.14. The van der Waals surface area contributed by atoms with Crippen molar-refractivity contribution in [1.82, 2.24) is 4.90 Å². The summed E-state index contributed by atoms with van der Waals surface area (Å²) in [6.45, 7) is 6.57. The van der Waals surface area contributed by atoms with Gasteiger partial charge in [0, 0.05) is 30.7 Å². The van der Waals surface area contributed by atoms with Crippen LogP contribution in [0.15, 0.2) is 24.3 Å². The summed E-state index contributed by atoms with van der Waals surface area (Å²) in [5.74, 6) is 0. The monoisotopic (exact) mass is 275 g/mol. The first-order valence-electron chi connectivity index (χ1n) is 7.39. The van der Waals surface area contributed by atoms with E-state index in [-0.39, 0.29) is 11.4 Å². The highest BCUT2D eigenvalue weighted by Gasteiger charge is 2.19. The van der Waals surface area contributed by atoms with Gasteiger partial charge in [-0.3, -0.25) is 0 Å². The second-order valence-corrected chi connectivity index (χ2v) is 6.14. The Hall–Kier alpha value is -1.55. The zero-order valence-electron chi connectivity index (χ0n) is 12.5. The normalized spacial score (nSPS) is 16.1. The van der Waals surface area contributed by atoms with Gasteiger partial charge in [-0.15, -0.1) is 0 Å². The molecular formula is C16H25N3O. The van der Waals surface area contributed by atoms with Gasteiger partial charge >= 0.3 is 6.03 Å². The highest BCUT2D eigenvalue weighted by Crippen LogP contribution is 2.23. The molecule has 1 saturated heterocycles. The molecule has 3 N–H and O–H groups in total. The Morgan fingerprint density at radius 3 is 2.35 bits per heavy atom. The van der Waals surface area contributed by atoms with E-state index in [4.69, 9.17) is 5.73 Å². The number of carbonyl (C=O) groups is 1. The number of anilines is 1. The third-order valence-electron chi connectivity index (χ3n) is 4.07. The Bertz CT molecular complexity index is 447. The number of carbonyl (C=O) groups excluding carboxylic acids is 1. The lowest BCUT2D eigenvalue weighted by atomic mass is 9.85. The van der Waals surface area contributed by atoms with Gasteiger partial charge in [0.1, 0.15) is 0 Å². The van der Waals surface area contributed by atoms with Crippen molar-refractivity contribution in [2.45, 2.75) is 38.5 Å². The summed E-state index contributed by atoms with van der Waals surface area (Å²) in [5.41, 5.74) is 7.78. The standard InChI is InChI=1S/C16H25N3O/c1-16(2,12-17)13-6-8-14(9-7-13)18-15(20)19-10-4-3-5-11-19/h6-9H,3-5,10-12,17H2,1-2H3,(H,18,20). The molecule has 0 spiro atoms. The van der Waals surface area contributed by atoms with E-state index >= 15 is 0 Å². The number of urea groups is 1. The van der Waals surface area contributed by atoms with Crippen LogP contribution in [0, 0.1) is 0 Å². The SMILES string of the molecule is CC(C)(CN)c1ccc(NC(=O)N2CCCCC2)cc1. The fraction of sp³-hybridized carbons (Fsp3) is 0.562. The number of nitrogens with one attached hydrogen (secondary N) is 1. The summed E-state index contributed by atoms with van der Waals surface area (Å²) >= 11 is 0. The topological polar surface area (TPSA) is 58.4 Å². The molecule has 0 saturated carbocycles. The average molecular weight is 275 g/mol. The zero-order chi connectivity index (χ0) is 14.6. The van der Waals surface area contributed by atoms with Gasteiger partial charge in [0.05, 0.1) is 0 Å². The quantitative estimate of drug-likeness (QED) is 0.891. The maximum absolute atomic E-state index is 12.1. The number of rotatable bonds is 3. The molecular weight excluding hydrogens is 250 g/mol. The molecule has 4 nitrogen and oxygen atoms in total. The summed E-state index contributed by atoms with van der Waals surface area (Å²) in [7, 11) is 0. The Balaban J connectivity index is 1.98. The number of nitrogens with zero attached hydrogens (tertiary/aromatic N) is 1.